The summed E-state index contributed by atoms with van der Waals surface area (Å²) in [4.78, 5) is 23.3. The zero-order valence-corrected chi connectivity index (χ0v) is 14.6. The highest BCUT2D eigenvalue weighted by Gasteiger charge is 2.29. The van der Waals surface area contributed by atoms with Crippen molar-refractivity contribution in [3.8, 4) is 0 Å². The van der Waals surface area contributed by atoms with Gasteiger partial charge in [-0.25, -0.2) is 8.42 Å². The molecule has 1 fully saturated rings. The Labute approximate surface area is 142 Å². The van der Waals surface area contributed by atoms with E-state index in [0.29, 0.717) is 10.0 Å². The number of carbonyl (C=O) groups is 2. The summed E-state index contributed by atoms with van der Waals surface area (Å²) in [6.07, 6.45) is 0. The lowest BCUT2D eigenvalue weighted by atomic mass is 10.2. The molecule has 23 heavy (non-hydrogen) atoms. The molecule has 9 heteroatoms. The normalized spacial score (nSPS) is 15.8. The SMILES string of the molecule is C=C(Br)CNC(=O)c1ccc(S(=O)(=O)N2CCNC(=O)C2)cc1. The number of hydrogen-bond acceptors (Lipinski definition) is 4. The first-order valence-electron chi connectivity index (χ1n) is 6.79. The molecule has 0 spiro atoms. The molecule has 1 aliphatic rings. The average molecular weight is 402 g/mol. The molecule has 1 aliphatic heterocycles. The van der Waals surface area contributed by atoms with E-state index in [4.69, 9.17) is 0 Å². The van der Waals surface area contributed by atoms with Crippen molar-refractivity contribution >= 4 is 37.8 Å². The van der Waals surface area contributed by atoms with Gasteiger partial charge in [-0.2, -0.15) is 4.31 Å². The van der Waals surface area contributed by atoms with Crippen molar-refractivity contribution in [2.45, 2.75) is 4.90 Å². The molecule has 1 saturated heterocycles. The fraction of sp³-hybridized carbons (Fsp3) is 0.286. The van der Waals surface area contributed by atoms with Gasteiger partial charge >= 0.3 is 0 Å². The molecule has 1 aromatic rings. The number of benzene rings is 1. The molecule has 2 rings (SSSR count). The average Bonchev–Trinajstić information content (AvgIpc) is 2.52. The molecule has 0 atom stereocenters. The van der Waals surface area contributed by atoms with Crippen LogP contribution < -0.4 is 10.6 Å². The van der Waals surface area contributed by atoms with Crippen molar-refractivity contribution in [2.75, 3.05) is 26.2 Å². The number of hydrogen-bond donors (Lipinski definition) is 2. The van der Waals surface area contributed by atoms with E-state index in [-0.39, 0.29) is 42.9 Å². The molecular formula is C14H16BrN3O4S. The Balaban J connectivity index is 2.13. The summed E-state index contributed by atoms with van der Waals surface area (Å²) in [7, 11) is -3.74. The molecule has 0 aliphatic carbocycles. The molecule has 1 aromatic carbocycles. The zero-order chi connectivity index (χ0) is 17.0. The zero-order valence-electron chi connectivity index (χ0n) is 12.2. The van der Waals surface area contributed by atoms with Gasteiger partial charge in [0.15, 0.2) is 0 Å². The number of nitrogens with zero attached hydrogens (tertiary/aromatic N) is 1. The van der Waals surface area contributed by atoms with E-state index in [1.165, 1.54) is 24.3 Å². The van der Waals surface area contributed by atoms with Gasteiger partial charge in [-0.1, -0.05) is 22.5 Å². The molecule has 7 nitrogen and oxygen atoms in total. The smallest absolute Gasteiger partial charge is 0.251 e. The Morgan fingerprint density at radius 2 is 2.00 bits per heavy atom. The van der Waals surface area contributed by atoms with Gasteiger partial charge < -0.3 is 10.6 Å². The second kappa shape index (κ2) is 7.24. The van der Waals surface area contributed by atoms with Gasteiger partial charge in [-0.15, -0.1) is 0 Å². The highest BCUT2D eigenvalue weighted by molar-refractivity contribution is 9.11. The van der Waals surface area contributed by atoms with Gasteiger partial charge in [-0.05, 0) is 24.3 Å². The highest BCUT2D eigenvalue weighted by Crippen LogP contribution is 2.17. The summed E-state index contributed by atoms with van der Waals surface area (Å²) < 4.78 is 26.7. The Morgan fingerprint density at radius 1 is 1.35 bits per heavy atom. The third-order valence-electron chi connectivity index (χ3n) is 3.20. The van der Waals surface area contributed by atoms with Crippen molar-refractivity contribution in [3.63, 3.8) is 0 Å². The quantitative estimate of drug-likeness (QED) is 0.748. The van der Waals surface area contributed by atoms with E-state index in [1.54, 1.807) is 0 Å². The number of halogens is 1. The molecule has 0 aromatic heterocycles. The fourth-order valence-electron chi connectivity index (χ4n) is 2.03. The number of sulfonamides is 1. The predicted octanol–water partition coefficient (Wildman–Crippen LogP) is 0.446. The van der Waals surface area contributed by atoms with Crippen LogP contribution in [-0.4, -0.2) is 50.7 Å². The summed E-state index contributed by atoms with van der Waals surface area (Å²) in [6.45, 7) is 4.21. The van der Waals surface area contributed by atoms with Gasteiger partial charge in [0.1, 0.15) is 0 Å². The summed E-state index contributed by atoms with van der Waals surface area (Å²) in [5, 5.41) is 5.20. The van der Waals surface area contributed by atoms with Crippen LogP contribution in [0.25, 0.3) is 0 Å². The number of rotatable bonds is 5. The minimum Gasteiger partial charge on any atom is -0.354 e. The maximum absolute atomic E-state index is 12.5. The van der Waals surface area contributed by atoms with Crippen LogP contribution in [-0.2, 0) is 14.8 Å². The molecule has 2 N–H and O–H groups in total. The molecule has 2 amide bonds. The van der Waals surface area contributed by atoms with Crippen LogP contribution >= 0.6 is 15.9 Å². The van der Waals surface area contributed by atoms with Crippen molar-refractivity contribution in [2.24, 2.45) is 0 Å². The highest BCUT2D eigenvalue weighted by atomic mass is 79.9. The van der Waals surface area contributed by atoms with E-state index < -0.39 is 10.0 Å². The minimum absolute atomic E-state index is 0.0497. The molecule has 0 saturated carbocycles. The van der Waals surface area contributed by atoms with E-state index in [1.807, 2.05) is 0 Å². The number of nitrogens with one attached hydrogen (secondary N) is 2. The minimum atomic E-state index is -3.74. The Kier molecular flexibility index (Phi) is 5.55. The van der Waals surface area contributed by atoms with Gasteiger partial charge in [0.05, 0.1) is 11.4 Å². The molecular weight excluding hydrogens is 386 g/mol. The fourth-order valence-corrected chi connectivity index (χ4v) is 3.56. The largest absolute Gasteiger partial charge is 0.354 e. The summed E-state index contributed by atoms with van der Waals surface area (Å²) in [6, 6.07) is 5.59. The van der Waals surface area contributed by atoms with E-state index in [9.17, 15) is 18.0 Å². The lowest BCUT2D eigenvalue weighted by Gasteiger charge is -2.25. The monoisotopic (exact) mass is 401 g/mol. The van der Waals surface area contributed by atoms with Crippen molar-refractivity contribution < 1.29 is 18.0 Å². The third kappa shape index (κ3) is 4.40. The van der Waals surface area contributed by atoms with E-state index in [0.717, 1.165) is 4.31 Å². The van der Waals surface area contributed by atoms with Crippen LogP contribution in [0.5, 0.6) is 0 Å². The van der Waals surface area contributed by atoms with E-state index in [2.05, 4.69) is 33.1 Å². The number of carbonyl (C=O) groups excluding carboxylic acids is 2. The second-order valence-corrected chi connectivity index (χ2v) is 7.97. The van der Waals surface area contributed by atoms with Crippen molar-refractivity contribution in [1.82, 2.24) is 14.9 Å². The summed E-state index contributed by atoms with van der Waals surface area (Å²) >= 11 is 3.14. The van der Waals surface area contributed by atoms with Crippen LogP contribution in [0.3, 0.4) is 0 Å². The summed E-state index contributed by atoms with van der Waals surface area (Å²) in [5.41, 5.74) is 0.342. The topological polar surface area (TPSA) is 95.6 Å². The molecule has 1 heterocycles. The molecule has 0 bridgehead atoms. The first-order chi connectivity index (χ1) is 10.8. The van der Waals surface area contributed by atoms with Crippen molar-refractivity contribution in [3.05, 3.63) is 40.9 Å². The van der Waals surface area contributed by atoms with Gasteiger partial charge in [0.2, 0.25) is 15.9 Å². The van der Waals surface area contributed by atoms with Gasteiger partial charge in [0, 0.05) is 29.7 Å². The first-order valence-corrected chi connectivity index (χ1v) is 9.02. The standard InChI is InChI=1S/C14H16BrN3O4S/c1-10(15)8-17-14(20)11-2-4-12(5-3-11)23(21,22)18-7-6-16-13(19)9-18/h2-5H,1,6-9H2,(H,16,19)(H,17,20). The van der Waals surface area contributed by atoms with Gasteiger partial charge in [0.25, 0.3) is 5.91 Å². The van der Waals surface area contributed by atoms with Gasteiger partial charge in [-0.3, -0.25) is 9.59 Å². The maximum atomic E-state index is 12.5. The van der Waals surface area contributed by atoms with Crippen LogP contribution in [0.15, 0.2) is 40.2 Å². The number of piperazine rings is 1. The molecule has 0 unspecified atom stereocenters. The molecule has 0 radical (unpaired) electrons. The summed E-state index contributed by atoms with van der Waals surface area (Å²) in [5.74, 6) is -0.655. The lowest BCUT2D eigenvalue weighted by molar-refractivity contribution is -0.122. The Hall–Kier alpha value is -1.71. The maximum Gasteiger partial charge on any atom is 0.251 e. The van der Waals surface area contributed by atoms with E-state index >= 15 is 0 Å². The second-order valence-electron chi connectivity index (χ2n) is 4.91. The molecule has 124 valence electrons. The van der Waals surface area contributed by atoms with Crippen molar-refractivity contribution in [1.29, 1.82) is 0 Å². The third-order valence-corrected chi connectivity index (χ3v) is 5.34. The number of amides is 2. The van der Waals surface area contributed by atoms with Crippen LogP contribution in [0.4, 0.5) is 0 Å². The Bertz CT molecular complexity index is 731. The lowest BCUT2D eigenvalue weighted by Crippen LogP contribution is -2.49. The van der Waals surface area contributed by atoms with Crippen LogP contribution in [0, 0.1) is 0 Å². The first kappa shape index (κ1) is 17.6. The Morgan fingerprint density at radius 3 is 2.57 bits per heavy atom. The van der Waals surface area contributed by atoms with Crippen LogP contribution in [0.1, 0.15) is 10.4 Å². The predicted molar refractivity (Wildman–Crippen MR) is 88.6 cm³/mol. The van der Waals surface area contributed by atoms with Crippen LogP contribution in [0.2, 0.25) is 0 Å².